The van der Waals surface area contributed by atoms with Gasteiger partial charge in [-0.15, -0.1) is 0 Å². The first-order valence-electron chi connectivity index (χ1n) is 12.4. The summed E-state index contributed by atoms with van der Waals surface area (Å²) in [6.45, 7) is 9.22. The van der Waals surface area contributed by atoms with Crippen molar-refractivity contribution < 1.29 is 0 Å². The van der Waals surface area contributed by atoms with Gasteiger partial charge in [0.1, 0.15) is 0 Å². The monoisotopic (exact) mass is 408 g/mol. The molecule has 0 saturated heterocycles. The molecule has 160 valence electrons. The van der Waals surface area contributed by atoms with E-state index in [1.165, 1.54) is 77.0 Å². The minimum atomic E-state index is -0.418. The third-order valence-electron chi connectivity index (χ3n) is 6.16. The van der Waals surface area contributed by atoms with Gasteiger partial charge in [-0.3, -0.25) is 0 Å². The lowest BCUT2D eigenvalue weighted by molar-refractivity contribution is 0.782. The first kappa shape index (κ1) is 23.9. The Labute approximate surface area is 183 Å². The van der Waals surface area contributed by atoms with E-state index >= 15 is 0 Å². The van der Waals surface area contributed by atoms with E-state index in [0.717, 1.165) is 0 Å². The molecule has 0 nitrogen and oxygen atoms in total. The van der Waals surface area contributed by atoms with E-state index in [4.69, 9.17) is 0 Å². The third kappa shape index (κ3) is 8.13. The van der Waals surface area contributed by atoms with Crippen LogP contribution in [0, 0.1) is 0 Å². The van der Waals surface area contributed by atoms with E-state index in [0.29, 0.717) is 0 Å². The average molecular weight is 409 g/mol. The molecular weight excluding hydrogens is 364 g/mol. The van der Waals surface area contributed by atoms with E-state index in [9.17, 15) is 0 Å². The summed E-state index contributed by atoms with van der Waals surface area (Å²) in [5, 5.41) is 3.38. The Kier molecular flexibility index (Phi) is 11.4. The summed E-state index contributed by atoms with van der Waals surface area (Å²) in [4.78, 5) is 0. The molecule has 2 aromatic rings. The summed E-state index contributed by atoms with van der Waals surface area (Å²) in [7, 11) is -0.418. The van der Waals surface area contributed by atoms with E-state index in [2.05, 4.69) is 64.1 Å². The maximum absolute atomic E-state index is 2.55. The molecule has 0 unspecified atom stereocenters. The molecule has 1 heteroatoms. The predicted octanol–water partition coefficient (Wildman–Crippen LogP) is 6.18. The molecule has 0 aliphatic heterocycles. The molecular formula is C28H44Si. The highest BCUT2D eigenvalue weighted by Crippen LogP contribution is 2.13. The molecule has 2 rings (SSSR count). The maximum atomic E-state index is 2.55. The average Bonchev–Trinajstić information content (AvgIpc) is 2.75. The van der Waals surface area contributed by atoms with Gasteiger partial charge in [-0.1, -0.05) is 100 Å². The molecule has 29 heavy (non-hydrogen) atoms. The Balaban J connectivity index is 2.27. The molecule has 2 aromatic carbocycles. The zero-order valence-electron chi connectivity index (χ0n) is 19.7. The van der Waals surface area contributed by atoms with Gasteiger partial charge in [0, 0.05) is 0 Å². The zero-order chi connectivity index (χ0) is 20.9. The zero-order valence-corrected chi connectivity index (χ0v) is 21.1. The molecule has 0 aliphatic rings. The van der Waals surface area contributed by atoms with E-state index in [1.54, 1.807) is 32.6 Å². The van der Waals surface area contributed by atoms with Crippen LogP contribution in [0.15, 0.2) is 36.4 Å². The fraction of sp³-hybridized carbons (Fsp3) is 0.571. The van der Waals surface area contributed by atoms with Crippen LogP contribution in [0.4, 0.5) is 0 Å². The summed E-state index contributed by atoms with van der Waals surface area (Å²) in [5.74, 6) is 0. The number of hydrogen-bond acceptors (Lipinski definition) is 0. The van der Waals surface area contributed by atoms with Crippen LogP contribution in [0.5, 0.6) is 0 Å². The summed E-state index contributed by atoms with van der Waals surface area (Å²) in [6.07, 6.45) is 15.4. The first-order valence-corrected chi connectivity index (χ1v) is 13.8. The van der Waals surface area contributed by atoms with Crippen LogP contribution < -0.4 is 10.4 Å². The lowest BCUT2D eigenvalue weighted by atomic mass is 10.0. The van der Waals surface area contributed by atoms with Gasteiger partial charge in [0.2, 0.25) is 0 Å². The van der Waals surface area contributed by atoms with E-state index in [-0.39, 0.29) is 0 Å². The topological polar surface area (TPSA) is 0 Å². The van der Waals surface area contributed by atoms with Gasteiger partial charge < -0.3 is 0 Å². The first-order chi connectivity index (χ1) is 14.2. The van der Waals surface area contributed by atoms with E-state index < -0.39 is 9.52 Å². The van der Waals surface area contributed by atoms with Crippen molar-refractivity contribution >= 4 is 19.9 Å². The van der Waals surface area contributed by atoms with Crippen molar-refractivity contribution in [1.82, 2.24) is 0 Å². The minimum Gasteiger partial charge on any atom is -0.0654 e. The Morgan fingerprint density at radius 1 is 0.517 bits per heavy atom. The molecule has 0 radical (unpaired) electrons. The van der Waals surface area contributed by atoms with Crippen LogP contribution >= 0.6 is 0 Å². The minimum absolute atomic E-state index is 0.418. The van der Waals surface area contributed by atoms with Crippen LogP contribution in [0.3, 0.4) is 0 Å². The van der Waals surface area contributed by atoms with Crippen molar-refractivity contribution in [3.05, 3.63) is 58.7 Å². The highest BCUT2D eigenvalue weighted by molar-refractivity contribution is 6.68. The normalized spacial score (nSPS) is 11.2. The lowest BCUT2D eigenvalue weighted by Crippen LogP contribution is -2.32. The second-order valence-electron chi connectivity index (χ2n) is 8.80. The van der Waals surface area contributed by atoms with Crippen LogP contribution in [-0.4, -0.2) is 9.52 Å². The molecule has 0 bridgehead atoms. The van der Waals surface area contributed by atoms with Crippen molar-refractivity contribution in [3.8, 4) is 0 Å². The summed E-state index contributed by atoms with van der Waals surface area (Å²) >= 11 is 0. The summed E-state index contributed by atoms with van der Waals surface area (Å²) in [6, 6.07) is 14.9. The number of benzene rings is 2. The highest BCUT2D eigenvalue weighted by Gasteiger charge is 2.10. The molecule has 0 heterocycles. The lowest BCUT2D eigenvalue weighted by Gasteiger charge is -2.15. The van der Waals surface area contributed by atoms with Crippen LogP contribution in [0.25, 0.3) is 0 Å². The third-order valence-corrected chi connectivity index (χ3v) is 8.30. The highest BCUT2D eigenvalue weighted by atomic mass is 28.2. The van der Waals surface area contributed by atoms with E-state index in [1.807, 2.05) is 0 Å². The van der Waals surface area contributed by atoms with Gasteiger partial charge in [-0.2, -0.15) is 0 Å². The molecule has 0 atom stereocenters. The molecule has 0 fully saturated rings. The van der Waals surface area contributed by atoms with Crippen molar-refractivity contribution in [2.45, 2.75) is 105 Å². The van der Waals surface area contributed by atoms with Gasteiger partial charge in [0.25, 0.3) is 0 Å². The number of hydrogen-bond donors (Lipinski definition) is 0. The van der Waals surface area contributed by atoms with Crippen molar-refractivity contribution in [1.29, 1.82) is 0 Å². The fourth-order valence-corrected chi connectivity index (χ4v) is 6.07. The second-order valence-corrected chi connectivity index (χ2v) is 10.7. The Hall–Kier alpha value is -1.34. The number of rotatable bonds is 14. The van der Waals surface area contributed by atoms with Crippen LogP contribution in [-0.2, 0) is 25.7 Å². The Morgan fingerprint density at radius 3 is 1.28 bits per heavy atom. The molecule has 0 aliphatic carbocycles. The van der Waals surface area contributed by atoms with Crippen molar-refractivity contribution in [2.75, 3.05) is 0 Å². The van der Waals surface area contributed by atoms with Crippen molar-refractivity contribution in [3.63, 3.8) is 0 Å². The summed E-state index contributed by atoms with van der Waals surface area (Å²) < 4.78 is 0. The van der Waals surface area contributed by atoms with Gasteiger partial charge in [-0.25, -0.2) is 0 Å². The molecule has 0 amide bonds. The molecule has 0 N–H and O–H groups in total. The van der Waals surface area contributed by atoms with Gasteiger partial charge >= 0.3 is 0 Å². The Bertz CT molecular complexity index is 655. The van der Waals surface area contributed by atoms with Gasteiger partial charge in [0.15, 0.2) is 0 Å². The summed E-state index contributed by atoms with van der Waals surface area (Å²) in [5.41, 5.74) is 6.42. The largest absolute Gasteiger partial charge is 0.0882 e. The molecule has 0 spiro atoms. The predicted molar refractivity (Wildman–Crippen MR) is 135 cm³/mol. The Morgan fingerprint density at radius 2 is 0.897 bits per heavy atom. The fourth-order valence-electron chi connectivity index (χ4n) is 4.18. The van der Waals surface area contributed by atoms with Crippen LogP contribution in [0.1, 0.15) is 101 Å². The second kappa shape index (κ2) is 13.8. The standard InChI is InChI=1S/C28H44Si/c1-5-9-13-23-17-19-27(25(21-23)15-11-7-3)29-28-20-18-24(14-10-6-2)22-26(28)16-12-8-4/h17-22H,5-16,29H2,1-4H3. The van der Waals surface area contributed by atoms with Gasteiger partial charge in [0.05, 0.1) is 9.52 Å². The quantitative estimate of drug-likeness (QED) is 0.328. The van der Waals surface area contributed by atoms with Gasteiger partial charge in [-0.05, 0) is 73.6 Å². The maximum Gasteiger partial charge on any atom is 0.0882 e. The SMILES string of the molecule is CCCCc1ccc([SiH2]c2ccc(CCCC)cc2CCCC)c(CCCC)c1. The van der Waals surface area contributed by atoms with Crippen LogP contribution in [0.2, 0.25) is 0 Å². The number of aryl methyl sites for hydroxylation is 4. The van der Waals surface area contributed by atoms with Crippen molar-refractivity contribution in [2.24, 2.45) is 0 Å². The molecule has 0 saturated carbocycles. The number of unbranched alkanes of at least 4 members (excludes halogenated alkanes) is 4. The smallest absolute Gasteiger partial charge is 0.0654 e. The molecule has 0 aromatic heterocycles.